The van der Waals surface area contributed by atoms with Gasteiger partial charge >= 0.3 is 0 Å². The Hall–Kier alpha value is -1.40. The van der Waals surface area contributed by atoms with Crippen LogP contribution in [0, 0.1) is 5.92 Å². The van der Waals surface area contributed by atoms with Crippen molar-refractivity contribution in [2.24, 2.45) is 5.92 Å². The molecule has 0 spiro atoms. The van der Waals surface area contributed by atoms with Crippen LogP contribution in [0.1, 0.15) is 24.8 Å². The molecule has 19 heavy (non-hydrogen) atoms. The molecule has 3 rings (SSSR count). The highest BCUT2D eigenvalue weighted by atomic mass is 79.9. The smallest absolute Gasteiger partial charge is 0.258 e. The van der Waals surface area contributed by atoms with Crippen molar-refractivity contribution in [3.63, 3.8) is 0 Å². The number of hydrogen-bond acceptors (Lipinski definition) is 5. The minimum atomic E-state index is -0.0645. The first kappa shape index (κ1) is 12.6. The van der Waals surface area contributed by atoms with Crippen LogP contribution in [0.5, 0.6) is 0 Å². The van der Waals surface area contributed by atoms with Gasteiger partial charge in [-0.05, 0) is 52.9 Å². The number of halogens is 1. The van der Waals surface area contributed by atoms with Crippen LogP contribution >= 0.6 is 15.9 Å². The van der Waals surface area contributed by atoms with Crippen molar-refractivity contribution < 1.29 is 9.26 Å². The van der Waals surface area contributed by atoms with Crippen molar-refractivity contribution in [3.05, 3.63) is 28.5 Å². The molecule has 100 valence electrons. The summed E-state index contributed by atoms with van der Waals surface area (Å²) in [5.74, 6) is 1.60. The Kier molecular flexibility index (Phi) is 3.28. The van der Waals surface area contributed by atoms with E-state index in [2.05, 4.69) is 26.1 Å². The summed E-state index contributed by atoms with van der Waals surface area (Å²) in [4.78, 5) is 4.41. The van der Waals surface area contributed by atoms with Crippen molar-refractivity contribution in [1.82, 2.24) is 10.1 Å². The number of benzene rings is 1. The summed E-state index contributed by atoms with van der Waals surface area (Å²) in [6.45, 7) is 0. The van der Waals surface area contributed by atoms with Crippen molar-refractivity contribution >= 4 is 21.6 Å². The second-order valence-electron chi connectivity index (χ2n) is 4.69. The van der Waals surface area contributed by atoms with Crippen molar-refractivity contribution in [1.29, 1.82) is 0 Å². The molecule has 0 saturated heterocycles. The molecule has 1 aliphatic carbocycles. The summed E-state index contributed by atoms with van der Waals surface area (Å²) >= 11 is 3.36. The van der Waals surface area contributed by atoms with Gasteiger partial charge in [0.2, 0.25) is 5.82 Å². The van der Waals surface area contributed by atoms with Gasteiger partial charge in [0.25, 0.3) is 5.89 Å². The van der Waals surface area contributed by atoms with Crippen LogP contribution in [0.25, 0.3) is 11.5 Å². The van der Waals surface area contributed by atoms with Gasteiger partial charge in [-0.1, -0.05) is 5.16 Å². The summed E-state index contributed by atoms with van der Waals surface area (Å²) in [5.41, 5.74) is 7.30. The molecule has 1 aromatic carbocycles. The molecule has 1 unspecified atom stereocenters. The van der Waals surface area contributed by atoms with Crippen LogP contribution in [-0.2, 0) is 4.74 Å². The lowest BCUT2D eigenvalue weighted by Crippen LogP contribution is -2.05. The summed E-state index contributed by atoms with van der Waals surface area (Å²) < 4.78 is 11.6. The van der Waals surface area contributed by atoms with Gasteiger partial charge in [0.1, 0.15) is 6.10 Å². The van der Waals surface area contributed by atoms with Gasteiger partial charge < -0.3 is 15.0 Å². The van der Waals surface area contributed by atoms with E-state index in [9.17, 15) is 0 Å². The number of aromatic nitrogens is 2. The normalized spacial score (nSPS) is 16.5. The third-order valence-electron chi connectivity index (χ3n) is 3.24. The van der Waals surface area contributed by atoms with Crippen LogP contribution in [0.4, 0.5) is 5.69 Å². The van der Waals surface area contributed by atoms with Gasteiger partial charge in [0.05, 0.1) is 0 Å². The number of nitrogens with two attached hydrogens (primary N) is 1. The van der Waals surface area contributed by atoms with Crippen molar-refractivity contribution in [2.75, 3.05) is 12.8 Å². The Bertz CT molecular complexity index is 595. The lowest BCUT2D eigenvalue weighted by molar-refractivity contribution is 0.0751. The largest absolute Gasteiger partial charge is 0.398 e. The molecule has 2 N–H and O–H groups in total. The second-order valence-corrected chi connectivity index (χ2v) is 5.54. The standard InChI is InChI=1S/C13H14BrN3O2/c1-18-11(7-2-3-7)12-16-13(19-17-12)8-4-5-9(14)10(15)6-8/h4-7,11H,2-3,15H2,1H3. The molecule has 0 radical (unpaired) electrons. The molecule has 1 saturated carbocycles. The highest BCUT2D eigenvalue weighted by Crippen LogP contribution is 2.42. The molecule has 0 aliphatic heterocycles. The Morgan fingerprint density at radius 1 is 1.47 bits per heavy atom. The predicted molar refractivity (Wildman–Crippen MR) is 74.3 cm³/mol. The maximum atomic E-state index is 5.85. The SMILES string of the molecule is COC(c1noc(-c2ccc(Br)c(N)c2)n1)C1CC1. The Morgan fingerprint density at radius 3 is 2.89 bits per heavy atom. The number of rotatable bonds is 4. The molecule has 0 bridgehead atoms. The third-order valence-corrected chi connectivity index (χ3v) is 3.97. The van der Waals surface area contributed by atoms with Gasteiger partial charge in [0, 0.05) is 22.8 Å². The van der Waals surface area contributed by atoms with Gasteiger partial charge in [-0.3, -0.25) is 0 Å². The quantitative estimate of drug-likeness (QED) is 0.874. The first-order valence-corrected chi connectivity index (χ1v) is 6.90. The third kappa shape index (κ3) is 2.50. The highest BCUT2D eigenvalue weighted by molar-refractivity contribution is 9.10. The van der Waals surface area contributed by atoms with Crippen molar-refractivity contribution in [3.8, 4) is 11.5 Å². The zero-order valence-electron chi connectivity index (χ0n) is 10.5. The molecular formula is C13H14BrN3O2. The summed E-state index contributed by atoms with van der Waals surface area (Å²) in [6.07, 6.45) is 2.26. The average Bonchev–Trinajstić information content (AvgIpc) is 3.11. The first-order valence-electron chi connectivity index (χ1n) is 6.11. The van der Waals surface area contributed by atoms with Crippen molar-refractivity contribution in [2.45, 2.75) is 18.9 Å². The van der Waals surface area contributed by atoms with E-state index in [4.69, 9.17) is 15.0 Å². The topological polar surface area (TPSA) is 74.2 Å². The Balaban J connectivity index is 1.89. The number of ether oxygens (including phenoxy) is 1. The maximum absolute atomic E-state index is 5.85. The van der Waals surface area contributed by atoms with Crippen LogP contribution in [-0.4, -0.2) is 17.3 Å². The minimum absolute atomic E-state index is 0.0645. The number of nitrogens with zero attached hydrogens (tertiary/aromatic N) is 2. The van der Waals surface area contributed by atoms with Crippen LogP contribution in [0.15, 0.2) is 27.2 Å². The minimum Gasteiger partial charge on any atom is -0.398 e. The Morgan fingerprint density at radius 2 is 2.26 bits per heavy atom. The van der Waals surface area contributed by atoms with Crippen LogP contribution in [0.2, 0.25) is 0 Å². The molecule has 1 atom stereocenters. The number of hydrogen-bond donors (Lipinski definition) is 1. The fraction of sp³-hybridized carbons (Fsp3) is 0.385. The fourth-order valence-electron chi connectivity index (χ4n) is 2.05. The monoisotopic (exact) mass is 323 g/mol. The van der Waals surface area contributed by atoms with E-state index in [1.54, 1.807) is 13.2 Å². The van der Waals surface area contributed by atoms with Gasteiger partial charge in [-0.2, -0.15) is 4.98 Å². The lowest BCUT2D eigenvalue weighted by Gasteiger charge is -2.08. The van der Waals surface area contributed by atoms with E-state index in [-0.39, 0.29) is 6.10 Å². The van der Waals surface area contributed by atoms with Crippen LogP contribution in [0.3, 0.4) is 0 Å². The average molecular weight is 324 g/mol. The maximum Gasteiger partial charge on any atom is 0.258 e. The zero-order chi connectivity index (χ0) is 13.4. The van der Waals surface area contributed by atoms with E-state index in [0.717, 1.165) is 22.9 Å². The lowest BCUT2D eigenvalue weighted by atomic mass is 10.2. The molecule has 0 amide bonds. The number of anilines is 1. The van der Waals surface area contributed by atoms with E-state index in [1.807, 2.05) is 12.1 Å². The van der Waals surface area contributed by atoms with Gasteiger partial charge in [-0.25, -0.2) is 0 Å². The van der Waals surface area contributed by atoms with Gasteiger partial charge in [0.15, 0.2) is 0 Å². The molecule has 1 heterocycles. The molecule has 1 aromatic heterocycles. The highest BCUT2D eigenvalue weighted by Gasteiger charge is 2.35. The molecule has 6 heteroatoms. The van der Waals surface area contributed by atoms with Crippen LogP contribution < -0.4 is 5.73 Å². The molecule has 5 nitrogen and oxygen atoms in total. The zero-order valence-corrected chi connectivity index (χ0v) is 12.1. The fourth-order valence-corrected chi connectivity index (χ4v) is 2.30. The van der Waals surface area contributed by atoms with Gasteiger partial charge in [-0.15, -0.1) is 0 Å². The van der Waals surface area contributed by atoms with E-state index in [1.165, 1.54) is 0 Å². The molecule has 2 aromatic rings. The van der Waals surface area contributed by atoms with E-state index < -0.39 is 0 Å². The first-order chi connectivity index (χ1) is 9.19. The molecule has 1 fully saturated rings. The van der Waals surface area contributed by atoms with E-state index in [0.29, 0.717) is 23.3 Å². The molecule has 1 aliphatic rings. The predicted octanol–water partition coefficient (Wildman–Crippen LogP) is 3.18. The number of nitrogen functional groups attached to an aromatic ring is 1. The summed E-state index contributed by atoms with van der Waals surface area (Å²) in [5, 5.41) is 4.01. The molecular weight excluding hydrogens is 310 g/mol. The second kappa shape index (κ2) is 4.94. The Labute approximate surface area is 119 Å². The summed E-state index contributed by atoms with van der Waals surface area (Å²) in [7, 11) is 1.68. The number of methoxy groups -OCH3 is 1. The van der Waals surface area contributed by atoms with E-state index >= 15 is 0 Å². The summed E-state index contributed by atoms with van der Waals surface area (Å²) in [6, 6.07) is 5.56.